The second-order valence-corrected chi connectivity index (χ2v) is 9.34. The Balaban J connectivity index is 0.000000806. The predicted molar refractivity (Wildman–Crippen MR) is 155 cm³/mol. The van der Waals surface area contributed by atoms with Gasteiger partial charge in [-0.15, -0.1) is 0 Å². The van der Waals surface area contributed by atoms with E-state index >= 15 is 0 Å². The van der Waals surface area contributed by atoms with E-state index in [1.807, 2.05) is 36.4 Å². The zero-order chi connectivity index (χ0) is 31.3. The van der Waals surface area contributed by atoms with Gasteiger partial charge in [-0.25, -0.2) is 9.59 Å². The first-order valence-electron chi connectivity index (χ1n) is 11.6. The zero-order valence-corrected chi connectivity index (χ0v) is 23.6. The van der Waals surface area contributed by atoms with Gasteiger partial charge in [-0.2, -0.15) is 21.6 Å². The lowest BCUT2D eigenvalue weighted by atomic mass is 10.0. The van der Waals surface area contributed by atoms with E-state index in [2.05, 4.69) is 13.7 Å². The van der Waals surface area contributed by atoms with E-state index < -0.39 is 33.3 Å². The van der Waals surface area contributed by atoms with Gasteiger partial charge in [-0.3, -0.25) is 0 Å². The Morgan fingerprint density at radius 3 is 1.61 bits per heavy atom. The highest BCUT2D eigenvalue weighted by atomic mass is 32.2. The molecule has 0 aliphatic carbocycles. The van der Waals surface area contributed by atoms with Gasteiger partial charge < -0.3 is 32.6 Å². The molecule has 0 aliphatic rings. The Morgan fingerprint density at radius 1 is 0.682 bits per heavy atom. The Bertz CT molecular complexity index is 1440. The van der Waals surface area contributed by atoms with Crippen molar-refractivity contribution in [3.8, 4) is 28.4 Å². The molecule has 3 rings (SSSR count). The van der Waals surface area contributed by atoms with Crippen molar-refractivity contribution in [1.29, 1.82) is 0 Å². The van der Waals surface area contributed by atoms with Crippen molar-refractivity contribution in [2.75, 3.05) is 42.0 Å². The van der Waals surface area contributed by atoms with E-state index in [0.717, 1.165) is 36.4 Å². The molecule has 0 bridgehead atoms. The minimum absolute atomic E-state index is 0. The largest absolute Gasteiger partial charge is 0.534 e. The number of carbonyl (C=O) groups excluding carboxylic acids is 2. The lowest BCUT2D eigenvalue weighted by Gasteiger charge is -2.13. The van der Waals surface area contributed by atoms with Crippen LogP contribution in [0.4, 0.5) is 13.2 Å². The molecule has 0 aromatic heterocycles. The molecule has 0 heterocycles. The Kier molecular flexibility index (Phi) is 16.5. The third-order valence-corrected chi connectivity index (χ3v) is 5.98. The summed E-state index contributed by atoms with van der Waals surface area (Å²) in [5, 5.41) is 0. The van der Waals surface area contributed by atoms with Gasteiger partial charge >= 0.3 is 27.6 Å². The highest BCUT2D eigenvalue weighted by molar-refractivity contribution is 7.88. The van der Waals surface area contributed by atoms with Crippen molar-refractivity contribution in [2.24, 2.45) is 0 Å². The number of ether oxygens (including phenoxy) is 6. The molecule has 0 amide bonds. The summed E-state index contributed by atoms with van der Waals surface area (Å²) in [5.41, 5.74) is -3.59. The first-order valence-corrected chi connectivity index (χ1v) is 13.0. The van der Waals surface area contributed by atoms with Crippen molar-refractivity contribution < 1.29 is 63.8 Å². The molecule has 0 saturated heterocycles. The van der Waals surface area contributed by atoms with Crippen LogP contribution in [0.3, 0.4) is 0 Å². The van der Waals surface area contributed by atoms with Crippen molar-refractivity contribution in [1.82, 2.24) is 0 Å². The van der Waals surface area contributed by atoms with E-state index in [4.69, 9.17) is 18.9 Å². The second-order valence-electron chi connectivity index (χ2n) is 7.80. The van der Waals surface area contributed by atoms with Crippen molar-refractivity contribution in [3.63, 3.8) is 0 Å². The fourth-order valence-electron chi connectivity index (χ4n) is 3.11. The van der Waals surface area contributed by atoms with Gasteiger partial charge in [0.25, 0.3) is 0 Å². The van der Waals surface area contributed by atoms with Gasteiger partial charge in [-0.1, -0.05) is 51.3 Å². The van der Waals surface area contributed by atoms with E-state index in [-0.39, 0.29) is 39.8 Å². The number of benzene rings is 3. The molecule has 3 aromatic rings. The maximum atomic E-state index is 12.2. The Hall–Kier alpha value is -4.34. The van der Waals surface area contributed by atoms with Gasteiger partial charge in [0.2, 0.25) is 0 Å². The lowest BCUT2D eigenvalue weighted by molar-refractivity contribution is -0.0500. The van der Waals surface area contributed by atoms with Crippen LogP contribution in [0.15, 0.2) is 66.7 Å². The van der Waals surface area contributed by atoms with Crippen LogP contribution in [0.1, 0.15) is 35.6 Å². The molecular weight excluding hydrogens is 613 g/mol. The molecule has 44 heavy (non-hydrogen) atoms. The van der Waals surface area contributed by atoms with Crippen LogP contribution in [-0.2, 0) is 29.1 Å². The van der Waals surface area contributed by atoms with E-state index in [0.29, 0.717) is 11.3 Å². The molecule has 11 nitrogen and oxygen atoms in total. The molecule has 0 unspecified atom stereocenters. The number of methoxy groups -OCH3 is 4. The normalized spacial score (nSPS) is 10.5. The molecule has 0 atom stereocenters. The number of carbonyl (C=O) groups is 2. The fraction of sp³-hybridized carbons (Fsp3) is 0.310. The maximum Gasteiger partial charge on any atom is 0.534 e. The van der Waals surface area contributed by atoms with Crippen molar-refractivity contribution in [2.45, 2.75) is 20.4 Å². The first kappa shape index (κ1) is 39.7. The highest BCUT2D eigenvalue weighted by Gasteiger charge is 2.48. The Morgan fingerprint density at radius 2 is 1.16 bits per heavy atom. The Labute approximate surface area is 254 Å². The molecule has 0 saturated carbocycles. The van der Waals surface area contributed by atoms with Crippen LogP contribution in [0.2, 0.25) is 0 Å². The molecule has 0 N–H and O–H groups in total. The fourth-order valence-corrected chi connectivity index (χ4v) is 3.56. The molecule has 3 aromatic carbocycles. The molecule has 0 radical (unpaired) electrons. The van der Waals surface area contributed by atoms with E-state index in [1.165, 1.54) is 21.3 Å². The maximum absolute atomic E-state index is 12.2. The summed E-state index contributed by atoms with van der Waals surface area (Å²) in [6.07, 6.45) is 0. The lowest BCUT2D eigenvalue weighted by Crippen LogP contribution is -2.28. The molecule has 0 spiro atoms. The number of rotatable bonds is 11. The third kappa shape index (κ3) is 11.1. The van der Waals surface area contributed by atoms with Crippen LogP contribution in [0.5, 0.6) is 17.2 Å². The zero-order valence-electron chi connectivity index (χ0n) is 22.8. The minimum Gasteiger partial charge on any atom is -0.467 e. The molecular formula is C29H35F3O11S. The van der Waals surface area contributed by atoms with Crippen molar-refractivity contribution in [3.05, 3.63) is 77.9 Å². The van der Waals surface area contributed by atoms with Crippen LogP contribution < -0.4 is 13.7 Å². The van der Waals surface area contributed by atoms with Crippen LogP contribution >= 0.6 is 0 Å². The molecule has 0 aliphatic heterocycles. The monoisotopic (exact) mass is 648 g/mol. The van der Waals surface area contributed by atoms with E-state index in [1.54, 1.807) is 12.1 Å². The third-order valence-electron chi connectivity index (χ3n) is 5.00. The molecule has 244 valence electrons. The van der Waals surface area contributed by atoms with Gasteiger partial charge in [0, 0.05) is 20.3 Å². The second kappa shape index (κ2) is 18.4. The number of hydrogen-bond acceptors (Lipinski definition) is 11. The summed E-state index contributed by atoms with van der Waals surface area (Å²) < 4.78 is 91.5. The predicted octanol–water partition coefficient (Wildman–Crippen LogP) is 6.08. The summed E-state index contributed by atoms with van der Waals surface area (Å²) in [7, 11) is -0.638. The summed E-state index contributed by atoms with van der Waals surface area (Å²) in [6.45, 7) is -0.167. The van der Waals surface area contributed by atoms with Crippen LogP contribution in [0.25, 0.3) is 11.1 Å². The van der Waals surface area contributed by atoms with Gasteiger partial charge in [-0.05, 0) is 35.4 Å². The minimum atomic E-state index is -5.85. The average Bonchev–Trinajstić information content (AvgIpc) is 2.98. The number of halogens is 3. The SMILES string of the molecule is C.C.COCOc1ccc(-c2ccccc2)cc1C(=O)OC.COCOc1ccc(OS(=O)(=O)C(F)(F)F)cc1C(=O)OC. The standard InChI is InChI=1S/C16H16O4.C11H11F3O7S.2CH4/c1-18-11-20-15-9-8-13(10-14(15)16(17)19-2)12-6-4-3-5-7-12;1-18-6-20-9-4-3-7(5-8(9)10(15)19-2)21-22(16,17)11(12,13)14;;/h3-10H,11H2,1-2H3;3-5H,6H2,1-2H3;2*1H4. The van der Waals surface area contributed by atoms with Gasteiger partial charge in [0.1, 0.15) is 28.4 Å². The van der Waals surface area contributed by atoms with Gasteiger partial charge in [0.15, 0.2) is 13.6 Å². The number of esters is 2. The van der Waals surface area contributed by atoms with Crippen LogP contribution in [0, 0.1) is 0 Å². The smallest absolute Gasteiger partial charge is 0.467 e. The number of alkyl halides is 3. The first-order chi connectivity index (χ1) is 19.9. The topological polar surface area (TPSA) is 133 Å². The number of hydrogen-bond donors (Lipinski definition) is 0. The average molecular weight is 649 g/mol. The summed E-state index contributed by atoms with van der Waals surface area (Å²) in [6, 6.07) is 17.9. The summed E-state index contributed by atoms with van der Waals surface area (Å²) in [5.74, 6) is -1.75. The molecule has 15 heteroatoms. The van der Waals surface area contributed by atoms with Gasteiger partial charge in [0.05, 0.1) is 14.2 Å². The summed E-state index contributed by atoms with van der Waals surface area (Å²) in [4.78, 5) is 23.4. The van der Waals surface area contributed by atoms with Crippen LogP contribution in [-0.4, -0.2) is 67.9 Å². The highest BCUT2D eigenvalue weighted by Crippen LogP contribution is 2.31. The summed E-state index contributed by atoms with van der Waals surface area (Å²) >= 11 is 0. The van der Waals surface area contributed by atoms with E-state index in [9.17, 15) is 31.2 Å². The van der Waals surface area contributed by atoms with Crippen molar-refractivity contribution >= 4 is 22.1 Å². The quantitative estimate of drug-likeness (QED) is 0.104. The molecule has 0 fully saturated rings.